The van der Waals surface area contributed by atoms with E-state index in [9.17, 15) is 4.79 Å². The molecule has 2 aliphatic rings. The number of nitrogens with one attached hydrogen (secondary N) is 3. The highest BCUT2D eigenvalue weighted by atomic mass is 16.5. The van der Waals surface area contributed by atoms with Crippen molar-refractivity contribution in [3.05, 3.63) is 53.6 Å². The van der Waals surface area contributed by atoms with Crippen molar-refractivity contribution < 1.29 is 19.0 Å². The van der Waals surface area contributed by atoms with Crippen molar-refractivity contribution in [3.63, 3.8) is 0 Å². The Kier molecular flexibility index (Phi) is 5.11. The third kappa shape index (κ3) is 3.16. The zero-order valence-electron chi connectivity index (χ0n) is 16.2. The van der Waals surface area contributed by atoms with Crippen molar-refractivity contribution in [2.45, 2.75) is 25.0 Å². The van der Waals surface area contributed by atoms with Gasteiger partial charge in [-0.2, -0.15) is 0 Å². The van der Waals surface area contributed by atoms with Gasteiger partial charge in [0.2, 0.25) is 5.91 Å². The summed E-state index contributed by atoms with van der Waals surface area (Å²) in [4.78, 5) is 12.5. The topological polar surface area (TPSA) is 80.9 Å². The Bertz CT molecular complexity index is 855. The van der Waals surface area contributed by atoms with Crippen molar-refractivity contribution in [2.24, 2.45) is 5.92 Å². The van der Waals surface area contributed by atoms with Crippen LogP contribution in [0, 0.1) is 5.92 Å². The van der Waals surface area contributed by atoms with Gasteiger partial charge < -0.3 is 19.5 Å². The summed E-state index contributed by atoms with van der Waals surface area (Å²) in [6, 6.07) is 13.3. The van der Waals surface area contributed by atoms with Crippen LogP contribution in [0.5, 0.6) is 17.2 Å². The van der Waals surface area contributed by atoms with Crippen molar-refractivity contribution in [3.8, 4) is 17.2 Å². The monoisotopic (exact) mass is 383 g/mol. The van der Waals surface area contributed by atoms with E-state index in [0.29, 0.717) is 18.1 Å². The molecule has 0 saturated carbocycles. The van der Waals surface area contributed by atoms with E-state index in [1.807, 2.05) is 49.4 Å². The van der Waals surface area contributed by atoms with Crippen LogP contribution in [0.15, 0.2) is 42.5 Å². The lowest BCUT2D eigenvalue weighted by Crippen LogP contribution is -2.39. The average Bonchev–Trinajstić information content (AvgIpc) is 3.30. The molecule has 0 bridgehead atoms. The molecule has 2 aliphatic heterocycles. The second-order valence-electron chi connectivity index (χ2n) is 6.92. The molecule has 2 aromatic rings. The summed E-state index contributed by atoms with van der Waals surface area (Å²) in [6.07, 6.45) is 0. The number of ether oxygens (including phenoxy) is 3. The maximum absolute atomic E-state index is 12.5. The maximum atomic E-state index is 12.5. The molecule has 0 spiro atoms. The molecule has 4 atom stereocenters. The van der Waals surface area contributed by atoms with Crippen LogP contribution in [0.1, 0.15) is 30.1 Å². The summed E-state index contributed by atoms with van der Waals surface area (Å²) in [6.45, 7) is 2.59. The van der Waals surface area contributed by atoms with Crippen LogP contribution in [-0.4, -0.2) is 32.8 Å². The lowest BCUT2D eigenvalue weighted by molar-refractivity contribution is -0.121. The van der Waals surface area contributed by atoms with Gasteiger partial charge in [0, 0.05) is 5.92 Å². The molecule has 1 amide bonds. The molecule has 0 aromatic heterocycles. The first-order valence-electron chi connectivity index (χ1n) is 9.42. The van der Waals surface area contributed by atoms with E-state index in [4.69, 9.17) is 14.2 Å². The molecule has 2 fully saturated rings. The fourth-order valence-corrected chi connectivity index (χ4v) is 4.12. The van der Waals surface area contributed by atoms with E-state index in [-0.39, 0.29) is 30.0 Å². The molecule has 7 nitrogen and oxygen atoms in total. The summed E-state index contributed by atoms with van der Waals surface area (Å²) >= 11 is 0. The Morgan fingerprint density at radius 2 is 1.54 bits per heavy atom. The van der Waals surface area contributed by atoms with Crippen LogP contribution in [0.4, 0.5) is 0 Å². The summed E-state index contributed by atoms with van der Waals surface area (Å²) in [5.74, 6) is 2.16. The van der Waals surface area contributed by atoms with E-state index in [1.54, 1.807) is 14.2 Å². The lowest BCUT2D eigenvalue weighted by atomic mass is 9.83. The molecule has 0 radical (unpaired) electrons. The molecule has 28 heavy (non-hydrogen) atoms. The van der Waals surface area contributed by atoms with Crippen LogP contribution < -0.4 is 30.4 Å². The van der Waals surface area contributed by atoms with Crippen molar-refractivity contribution in [1.82, 2.24) is 16.2 Å². The van der Waals surface area contributed by atoms with E-state index < -0.39 is 0 Å². The molecule has 148 valence electrons. The number of hydrazine groups is 1. The Labute approximate surface area is 164 Å². The second kappa shape index (κ2) is 7.69. The molecule has 4 rings (SSSR count). The zero-order valence-corrected chi connectivity index (χ0v) is 16.2. The molecule has 0 aliphatic carbocycles. The van der Waals surface area contributed by atoms with Crippen molar-refractivity contribution in [1.29, 1.82) is 0 Å². The second-order valence-corrected chi connectivity index (χ2v) is 6.92. The smallest absolute Gasteiger partial charge is 0.239 e. The number of carbonyl (C=O) groups is 1. The highest BCUT2D eigenvalue weighted by Crippen LogP contribution is 2.43. The van der Waals surface area contributed by atoms with Gasteiger partial charge in [-0.1, -0.05) is 18.2 Å². The molecule has 4 unspecified atom stereocenters. The quantitative estimate of drug-likeness (QED) is 0.709. The molecule has 7 heteroatoms. The van der Waals surface area contributed by atoms with Crippen LogP contribution in [0.3, 0.4) is 0 Å². The van der Waals surface area contributed by atoms with Crippen LogP contribution >= 0.6 is 0 Å². The maximum Gasteiger partial charge on any atom is 0.239 e. The number of benzene rings is 2. The van der Waals surface area contributed by atoms with Gasteiger partial charge in [0.25, 0.3) is 0 Å². The van der Waals surface area contributed by atoms with Crippen LogP contribution in [0.25, 0.3) is 0 Å². The van der Waals surface area contributed by atoms with Gasteiger partial charge in [0.1, 0.15) is 11.8 Å². The first-order valence-corrected chi connectivity index (χ1v) is 9.42. The molecule has 3 N–H and O–H groups in total. The Morgan fingerprint density at radius 1 is 0.857 bits per heavy atom. The molecule has 2 saturated heterocycles. The number of hydrogen-bond donors (Lipinski definition) is 3. The van der Waals surface area contributed by atoms with E-state index >= 15 is 0 Å². The highest BCUT2D eigenvalue weighted by molar-refractivity contribution is 5.86. The van der Waals surface area contributed by atoms with Gasteiger partial charge in [-0.3, -0.25) is 4.79 Å². The van der Waals surface area contributed by atoms with Gasteiger partial charge in [0.05, 0.1) is 32.9 Å². The third-order valence-corrected chi connectivity index (χ3v) is 5.45. The predicted molar refractivity (Wildman–Crippen MR) is 104 cm³/mol. The fourth-order valence-electron chi connectivity index (χ4n) is 4.12. The number of methoxy groups -OCH3 is 2. The normalized spacial score (nSPS) is 25.9. The van der Waals surface area contributed by atoms with Gasteiger partial charge in [-0.05, 0) is 42.3 Å². The van der Waals surface area contributed by atoms with Crippen LogP contribution in [-0.2, 0) is 4.79 Å². The highest BCUT2D eigenvalue weighted by Gasteiger charge is 2.51. The summed E-state index contributed by atoms with van der Waals surface area (Å²) in [5, 5.41) is 3.13. The van der Waals surface area contributed by atoms with Crippen molar-refractivity contribution in [2.75, 3.05) is 20.8 Å². The summed E-state index contributed by atoms with van der Waals surface area (Å²) in [5.41, 5.74) is 8.55. The zero-order chi connectivity index (χ0) is 19.7. The summed E-state index contributed by atoms with van der Waals surface area (Å²) < 4.78 is 16.3. The average molecular weight is 383 g/mol. The van der Waals surface area contributed by atoms with Gasteiger partial charge >= 0.3 is 0 Å². The van der Waals surface area contributed by atoms with E-state index in [1.165, 1.54) is 0 Å². The number of carbonyl (C=O) groups excluding carboxylic acids is 1. The Balaban J connectivity index is 1.65. The van der Waals surface area contributed by atoms with E-state index in [0.717, 1.165) is 16.9 Å². The van der Waals surface area contributed by atoms with Crippen LogP contribution in [0.2, 0.25) is 0 Å². The SMILES string of the molecule is CCOc1ccc(C2NNC3C(=O)NC(c4ccc(OC)c(OC)c4)C32)cc1. The Morgan fingerprint density at radius 3 is 2.21 bits per heavy atom. The molecular weight excluding hydrogens is 358 g/mol. The first-order chi connectivity index (χ1) is 13.7. The minimum Gasteiger partial charge on any atom is -0.494 e. The number of hydrogen-bond acceptors (Lipinski definition) is 6. The predicted octanol–water partition coefficient (Wildman–Crippen LogP) is 2.11. The fraction of sp³-hybridized carbons (Fsp3) is 0.381. The Hall–Kier alpha value is -2.77. The largest absolute Gasteiger partial charge is 0.494 e. The number of rotatable bonds is 6. The van der Waals surface area contributed by atoms with Gasteiger partial charge in [-0.15, -0.1) is 0 Å². The van der Waals surface area contributed by atoms with E-state index in [2.05, 4.69) is 16.2 Å². The first kappa shape index (κ1) is 18.6. The molecular formula is C21H25N3O4. The number of amides is 1. The summed E-state index contributed by atoms with van der Waals surface area (Å²) in [7, 11) is 3.22. The molecule has 2 heterocycles. The minimum absolute atomic E-state index is 0.00859. The minimum atomic E-state index is -0.297. The number of fused-ring (bicyclic) bond motifs is 1. The van der Waals surface area contributed by atoms with Gasteiger partial charge in [0.15, 0.2) is 11.5 Å². The molecule has 2 aromatic carbocycles. The van der Waals surface area contributed by atoms with Crippen molar-refractivity contribution >= 4 is 5.91 Å². The lowest BCUT2D eigenvalue weighted by Gasteiger charge is -2.25. The standard InChI is InChI=1S/C21H25N3O4/c1-4-28-14-8-5-12(6-9-14)19-17-18(22-21(25)20(17)24-23-19)13-7-10-15(26-2)16(11-13)27-3/h5-11,17-20,23-24H,4H2,1-3H3,(H,22,25). The third-order valence-electron chi connectivity index (χ3n) is 5.45. The van der Waals surface area contributed by atoms with Gasteiger partial charge in [-0.25, -0.2) is 10.9 Å².